The molecule has 4 amide bonds. The lowest BCUT2D eigenvalue weighted by atomic mass is 10.1. The van der Waals surface area contributed by atoms with Gasteiger partial charge in [0.05, 0.1) is 45.0 Å². The average Bonchev–Trinajstić information content (AvgIpc) is 3.84. The number of nitrogens with two attached hydrogens (primary N) is 2. The summed E-state index contributed by atoms with van der Waals surface area (Å²) in [5.41, 5.74) is 15.6. The second-order valence-corrected chi connectivity index (χ2v) is 19.7. The number of carbonyl (C=O) groups excluding carboxylic acids is 4. The number of anilines is 2. The molecule has 8 heterocycles. The molecule has 2 saturated heterocycles. The average molecular weight is 1040 g/mol. The summed E-state index contributed by atoms with van der Waals surface area (Å²) in [5.74, 6) is -0.477. The van der Waals surface area contributed by atoms with Crippen molar-refractivity contribution in [1.29, 1.82) is 0 Å². The number of aromatic nitrogens is 6. The van der Waals surface area contributed by atoms with Crippen molar-refractivity contribution in [3.8, 4) is 22.8 Å². The molecule has 0 aromatic carbocycles. The van der Waals surface area contributed by atoms with Gasteiger partial charge >= 0.3 is 12.2 Å². The molecular weight excluding hydrogens is 979 g/mol. The Hall–Kier alpha value is -5.23. The standard InChI is InChI=1S/C23H30IN5O5.C23H31N5O5/c1-23(2,3)34-22(31)29-8-7-16-14(20(29)30)12-17(19-15(24)13-26-21(25)27-19)28(16)9-11-33-18-6-4-5-10-32-18;1-23(2,3)33-22(30)28-10-8-17-15(20(28)29)14-18(16-7-9-25-21(24)26-16)27(17)11-13-32-19-6-4-5-12-31-19/h12-13,18H,4-11H2,1-3H3,(H2,25,26,27);7,9,14,19H,4-6,8,10-13H2,1-3H3,(H2,24,25,26). The van der Waals surface area contributed by atoms with Crippen LogP contribution in [0, 0.1) is 3.57 Å². The van der Waals surface area contributed by atoms with Crippen molar-refractivity contribution < 1.29 is 47.6 Å². The molecule has 0 aliphatic carbocycles. The number of imide groups is 2. The number of amides is 4. The highest BCUT2D eigenvalue weighted by Crippen LogP contribution is 2.34. The zero-order valence-electron chi connectivity index (χ0n) is 39.0. The van der Waals surface area contributed by atoms with Crippen LogP contribution < -0.4 is 11.5 Å². The summed E-state index contributed by atoms with van der Waals surface area (Å²) in [6.45, 7) is 14.4. The maximum Gasteiger partial charge on any atom is 0.417 e. The molecule has 0 saturated carbocycles. The largest absolute Gasteiger partial charge is 0.443 e. The minimum atomic E-state index is -0.693. The van der Waals surface area contributed by atoms with Crippen molar-refractivity contribution in [1.82, 2.24) is 38.9 Å². The molecule has 0 radical (unpaired) electrons. The number of ether oxygens (including phenoxy) is 6. The minimum absolute atomic E-state index is 0.145. The van der Waals surface area contributed by atoms with Gasteiger partial charge in [-0.2, -0.15) is 0 Å². The number of halogens is 1. The van der Waals surface area contributed by atoms with Gasteiger partial charge in [-0.05, 0) is 121 Å². The van der Waals surface area contributed by atoms with Gasteiger partial charge in [-0.3, -0.25) is 9.59 Å². The fourth-order valence-corrected chi connectivity index (χ4v) is 8.77. The normalized spacial score (nSPS) is 18.7. The molecule has 4 aromatic rings. The van der Waals surface area contributed by atoms with E-state index in [-0.39, 0.29) is 49.4 Å². The summed E-state index contributed by atoms with van der Waals surface area (Å²) in [4.78, 5) is 70.9. The molecule has 20 nitrogen and oxygen atoms in total. The lowest BCUT2D eigenvalue weighted by Gasteiger charge is -2.29. The number of hydrogen-bond donors (Lipinski definition) is 2. The number of hydrogen-bond acceptors (Lipinski definition) is 16. The van der Waals surface area contributed by atoms with E-state index in [1.165, 1.54) is 0 Å². The van der Waals surface area contributed by atoms with Crippen LogP contribution in [0.15, 0.2) is 30.6 Å². The van der Waals surface area contributed by atoms with Crippen LogP contribution in [0.25, 0.3) is 22.8 Å². The highest BCUT2D eigenvalue weighted by molar-refractivity contribution is 14.1. The fraction of sp³-hybridized carbons (Fsp3) is 0.565. The third-order valence-electron chi connectivity index (χ3n) is 11.2. The van der Waals surface area contributed by atoms with Crippen molar-refractivity contribution in [2.45, 2.75) is 130 Å². The summed E-state index contributed by atoms with van der Waals surface area (Å²) < 4.78 is 38.9. The van der Waals surface area contributed by atoms with E-state index in [0.717, 1.165) is 74.7 Å². The number of nitrogens with zero attached hydrogens (tertiary/aromatic N) is 8. The van der Waals surface area contributed by atoms with Gasteiger partial charge in [-0.25, -0.2) is 39.3 Å². The molecule has 8 rings (SSSR count). The minimum Gasteiger partial charge on any atom is -0.443 e. The Kier molecular flexibility index (Phi) is 15.8. The Morgan fingerprint density at radius 1 is 0.731 bits per heavy atom. The second kappa shape index (κ2) is 21.4. The van der Waals surface area contributed by atoms with Crippen molar-refractivity contribution in [2.24, 2.45) is 0 Å². The molecule has 2 fully saturated rings. The quantitative estimate of drug-likeness (QED) is 0.159. The molecular formula is C46H61IN10O10. The Labute approximate surface area is 403 Å². The van der Waals surface area contributed by atoms with Crippen LogP contribution in [0.2, 0.25) is 0 Å². The van der Waals surface area contributed by atoms with Crippen molar-refractivity contribution in [2.75, 3.05) is 51.0 Å². The van der Waals surface area contributed by atoms with E-state index in [0.29, 0.717) is 74.9 Å². The Morgan fingerprint density at radius 3 is 1.70 bits per heavy atom. The van der Waals surface area contributed by atoms with Crippen molar-refractivity contribution >= 4 is 58.5 Å². The van der Waals surface area contributed by atoms with Crippen LogP contribution in [0.3, 0.4) is 0 Å². The summed E-state index contributed by atoms with van der Waals surface area (Å²) in [6, 6.07) is 5.27. The van der Waals surface area contributed by atoms with E-state index < -0.39 is 23.4 Å². The predicted octanol–water partition coefficient (Wildman–Crippen LogP) is 6.61. The van der Waals surface area contributed by atoms with E-state index in [1.807, 2.05) is 9.13 Å². The number of carbonyl (C=O) groups is 4. The number of fused-ring (bicyclic) bond motifs is 2. The first-order valence-corrected chi connectivity index (χ1v) is 23.8. The van der Waals surface area contributed by atoms with E-state index >= 15 is 0 Å². The molecule has 0 bridgehead atoms. The molecule has 2 unspecified atom stereocenters. The smallest absolute Gasteiger partial charge is 0.417 e. The maximum absolute atomic E-state index is 13.3. The van der Waals surface area contributed by atoms with Crippen LogP contribution in [0.4, 0.5) is 21.5 Å². The third-order valence-corrected chi connectivity index (χ3v) is 12.0. The molecule has 21 heteroatoms. The van der Waals surface area contributed by atoms with Crippen LogP contribution in [0.5, 0.6) is 0 Å². The molecule has 4 N–H and O–H groups in total. The first-order valence-electron chi connectivity index (χ1n) is 22.7. The third kappa shape index (κ3) is 12.5. The molecule has 4 aliphatic heterocycles. The lowest BCUT2D eigenvalue weighted by Crippen LogP contribution is -2.44. The van der Waals surface area contributed by atoms with E-state index in [1.54, 1.807) is 72.1 Å². The summed E-state index contributed by atoms with van der Waals surface area (Å²) >= 11 is 2.15. The van der Waals surface area contributed by atoms with Crippen LogP contribution in [0.1, 0.15) is 112 Å². The van der Waals surface area contributed by atoms with Gasteiger partial charge in [0.15, 0.2) is 12.6 Å². The number of rotatable bonds is 10. The van der Waals surface area contributed by atoms with Gasteiger partial charge in [-0.15, -0.1) is 0 Å². The molecule has 4 aliphatic rings. The zero-order valence-corrected chi connectivity index (χ0v) is 41.2. The van der Waals surface area contributed by atoms with E-state index in [4.69, 9.17) is 39.9 Å². The van der Waals surface area contributed by atoms with Gasteiger partial charge in [0.1, 0.15) is 16.9 Å². The SMILES string of the molecule is CC(C)(C)OC(=O)N1CCc2c(cc(-c3ccnc(N)n3)n2CCOC2CCCCO2)C1=O.CC(C)(C)OC(=O)N1CCc2c(cc(-c3nc(N)ncc3I)n2CCOC2CCCCO2)C1=O. The number of nitrogen functional groups attached to an aromatic ring is 2. The summed E-state index contributed by atoms with van der Waals surface area (Å²) in [5, 5.41) is 0. The van der Waals surface area contributed by atoms with E-state index in [9.17, 15) is 19.2 Å². The Morgan fingerprint density at radius 2 is 1.22 bits per heavy atom. The molecule has 2 atom stereocenters. The van der Waals surface area contributed by atoms with Crippen LogP contribution >= 0.6 is 22.6 Å². The highest BCUT2D eigenvalue weighted by atomic mass is 127. The second-order valence-electron chi connectivity index (χ2n) is 18.5. The Balaban J connectivity index is 0.000000199. The highest BCUT2D eigenvalue weighted by Gasteiger charge is 2.37. The molecule has 362 valence electrons. The summed E-state index contributed by atoms with van der Waals surface area (Å²) in [6.07, 6.45) is 8.57. The monoisotopic (exact) mass is 1040 g/mol. The lowest BCUT2D eigenvalue weighted by molar-refractivity contribution is -0.163. The molecule has 4 aromatic heterocycles. The fourth-order valence-electron chi connectivity index (χ4n) is 8.23. The van der Waals surface area contributed by atoms with Gasteiger partial charge in [0, 0.05) is 76.0 Å². The molecule has 0 spiro atoms. The topological polar surface area (TPSA) is 244 Å². The van der Waals surface area contributed by atoms with Crippen molar-refractivity contribution in [3.63, 3.8) is 0 Å². The van der Waals surface area contributed by atoms with Gasteiger partial charge in [0.25, 0.3) is 11.8 Å². The maximum atomic E-state index is 13.3. The predicted molar refractivity (Wildman–Crippen MR) is 253 cm³/mol. The van der Waals surface area contributed by atoms with Crippen LogP contribution in [-0.4, -0.2) is 126 Å². The molecule has 67 heavy (non-hydrogen) atoms. The van der Waals surface area contributed by atoms with Gasteiger partial charge in [0.2, 0.25) is 11.9 Å². The summed E-state index contributed by atoms with van der Waals surface area (Å²) in [7, 11) is 0. The van der Waals surface area contributed by atoms with E-state index in [2.05, 4.69) is 42.5 Å². The Bertz CT molecular complexity index is 2430. The van der Waals surface area contributed by atoms with Gasteiger partial charge in [-0.1, -0.05) is 0 Å². The zero-order chi connectivity index (χ0) is 48.0. The first kappa shape index (κ1) is 49.7. The van der Waals surface area contributed by atoms with Gasteiger partial charge < -0.3 is 49.0 Å². The first-order chi connectivity index (χ1) is 31.9. The van der Waals surface area contributed by atoms with Crippen molar-refractivity contribution in [3.05, 3.63) is 56.7 Å². The van der Waals surface area contributed by atoms with Crippen LogP contribution in [-0.2, 0) is 54.4 Å².